The summed E-state index contributed by atoms with van der Waals surface area (Å²) in [5.41, 5.74) is 11.8. The number of ether oxygens (including phenoxy) is 1. The Hall–Kier alpha value is -1.04. The molecule has 0 unspecified atom stereocenters. The molecule has 18 heavy (non-hydrogen) atoms. The SMILES string of the molecule is Cl.Nc1c(F)ccc([C@@H](N)C2CCOCC2)c1O. The minimum absolute atomic E-state index is 0. The van der Waals surface area contributed by atoms with Crippen molar-refractivity contribution in [3.63, 3.8) is 0 Å². The average molecular weight is 277 g/mol. The van der Waals surface area contributed by atoms with E-state index >= 15 is 0 Å². The topological polar surface area (TPSA) is 81.5 Å². The molecule has 0 saturated carbocycles. The minimum atomic E-state index is -0.620. The summed E-state index contributed by atoms with van der Waals surface area (Å²) in [6, 6.07) is 2.41. The first kappa shape index (κ1) is 15.0. The van der Waals surface area contributed by atoms with Crippen LogP contribution in [-0.4, -0.2) is 18.3 Å². The van der Waals surface area contributed by atoms with Crippen LogP contribution in [0.2, 0.25) is 0 Å². The fourth-order valence-corrected chi connectivity index (χ4v) is 2.20. The van der Waals surface area contributed by atoms with Crippen LogP contribution in [0.4, 0.5) is 10.1 Å². The second kappa shape index (κ2) is 6.22. The van der Waals surface area contributed by atoms with Gasteiger partial charge < -0.3 is 21.3 Å². The predicted octanol–water partition coefficient (Wildman–Crippen LogP) is 1.96. The quantitative estimate of drug-likeness (QED) is 0.570. The van der Waals surface area contributed by atoms with Gasteiger partial charge >= 0.3 is 0 Å². The van der Waals surface area contributed by atoms with Gasteiger partial charge in [-0.1, -0.05) is 6.07 Å². The van der Waals surface area contributed by atoms with Crippen LogP contribution in [0.15, 0.2) is 12.1 Å². The van der Waals surface area contributed by atoms with Gasteiger partial charge in [0, 0.05) is 24.8 Å². The summed E-state index contributed by atoms with van der Waals surface area (Å²) in [5, 5.41) is 9.80. The molecule has 2 rings (SSSR count). The zero-order chi connectivity index (χ0) is 12.4. The molecule has 1 atom stereocenters. The number of halogens is 2. The molecule has 0 aliphatic carbocycles. The number of phenols is 1. The summed E-state index contributed by atoms with van der Waals surface area (Å²) in [5.74, 6) is -0.617. The number of benzene rings is 1. The summed E-state index contributed by atoms with van der Waals surface area (Å²) < 4.78 is 18.4. The molecule has 0 bridgehead atoms. The number of anilines is 1. The lowest BCUT2D eigenvalue weighted by molar-refractivity contribution is 0.0581. The van der Waals surface area contributed by atoms with Gasteiger partial charge in [-0.3, -0.25) is 0 Å². The lowest BCUT2D eigenvalue weighted by Crippen LogP contribution is -2.27. The highest BCUT2D eigenvalue weighted by Crippen LogP contribution is 2.36. The van der Waals surface area contributed by atoms with Crippen molar-refractivity contribution in [2.45, 2.75) is 18.9 Å². The highest BCUT2D eigenvalue weighted by molar-refractivity contribution is 5.85. The fraction of sp³-hybridized carbons (Fsp3) is 0.500. The number of nitrogen functional groups attached to an aromatic ring is 1. The van der Waals surface area contributed by atoms with Crippen LogP contribution >= 0.6 is 12.4 Å². The number of hydrogen-bond acceptors (Lipinski definition) is 4. The Morgan fingerprint density at radius 1 is 1.33 bits per heavy atom. The van der Waals surface area contributed by atoms with Crippen LogP contribution in [-0.2, 0) is 4.74 Å². The van der Waals surface area contributed by atoms with E-state index in [2.05, 4.69) is 0 Å². The molecule has 5 N–H and O–H groups in total. The van der Waals surface area contributed by atoms with Gasteiger partial charge in [0.05, 0.1) is 0 Å². The highest BCUT2D eigenvalue weighted by atomic mass is 35.5. The molecule has 4 nitrogen and oxygen atoms in total. The van der Waals surface area contributed by atoms with Gasteiger partial charge in [0.2, 0.25) is 0 Å². The van der Waals surface area contributed by atoms with Gasteiger partial charge in [0.25, 0.3) is 0 Å². The van der Waals surface area contributed by atoms with Crippen molar-refractivity contribution in [3.05, 3.63) is 23.5 Å². The van der Waals surface area contributed by atoms with Crippen molar-refractivity contribution in [1.82, 2.24) is 0 Å². The first-order valence-corrected chi connectivity index (χ1v) is 5.71. The van der Waals surface area contributed by atoms with E-state index in [-0.39, 0.29) is 35.8 Å². The third-order valence-electron chi connectivity index (χ3n) is 3.33. The molecule has 1 aliphatic rings. The number of hydrogen-bond donors (Lipinski definition) is 3. The number of phenolic OH excluding ortho intramolecular Hbond substituents is 1. The zero-order valence-corrected chi connectivity index (χ0v) is 10.8. The van der Waals surface area contributed by atoms with E-state index in [4.69, 9.17) is 16.2 Å². The molecule has 102 valence electrons. The van der Waals surface area contributed by atoms with Crippen LogP contribution in [0, 0.1) is 11.7 Å². The Morgan fingerprint density at radius 2 is 1.94 bits per heavy atom. The molecule has 0 aromatic heterocycles. The van der Waals surface area contributed by atoms with E-state index in [0.29, 0.717) is 18.8 Å². The smallest absolute Gasteiger partial charge is 0.149 e. The fourth-order valence-electron chi connectivity index (χ4n) is 2.20. The molecule has 0 radical (unpaired) electrons. The molecule has 0 amide bonds. The minimum Gasteiger partial charge on any atom is -0.505 e. The van der Waals surface area contributed by atoms with E-state index in [1.165, 1.54) is 12.1 Å². The predicted molar refractivity (Wildman–Crippen MR) is 70.2 cm³/mol. The Labute approximate surface area is 112 Å². The van der Waals surface area contributed by atoms with Gasteiger partial charge in [-0.15, -0.1) is 12.4 Å². The molecule has 1 heterocycles. The van der Waals surface area contributed by atoms with Crippen LogP contribution in [0.5, 0.6) is 5.75 Å². The monoisotopic (exact) mass is 276 g/mol. The summed E-state index contributed by atoms with van der Waals surface area (Å²) in [4.78, 5) is 0. The number of rotatable bonds is 2. The molecule has 1 fully saturated rings. The van der Waals surface area contributed by atoms with Crippen molar-refractivity contribution in [2.75, 3.05) is 18.9 Å². The lowest BCUT2D eigenvalue weighted by atomic mass is 9.87. The Bertz CT molecular complexity index is 411. The summed E-state index contributed by atoms with van der Waals surface area (Å²) in [6.07, 6.45) is 1.69. The summed E-state index contributed by atoms with van der Waals surface area (Å²) in [6.45, 7) is 1.35. The van der Waals surface area contributed by atoms with Gasteiger partial charge in [-0.2, -0.15) is 0 Å². The van der Waals surface area contributed by atoms with Crippen LogP contribution < -0.4 is 11.5 Å². The van der Waals surface area contributed by atoms with Gasteiger partial charge in [0.15, 0.2) is 0 Å². The third kappa shape index (κ3) is 2.85. The lowest BCUT2D eigenvalue weighted by Gasteiger charge is -2.28. The van der Waals surface area contributed by atoms with E-state index in [1.54, 1.807) is 0 Å². The van der Waals surface area contributed by atoms with Gasteiger partial charge in [0.1, 0.15) is 17.3 Å². The maximum absolute atomic E-state index is 13.1. The van der Waals surface area contributed by atoms with Crippen molar-refractivity contribution in [2.24, 2.45) is 11.7 Å². The summed E-state index contributed by atoms with van der Waals surface area (Å²) >= 11 is 0. The van der Waals surface area contributed by atoms with Crippen molar-refractivity contribution in [3.8, 4) is 5.75 Å². The standard InChI is InChI=1S/C12H17FN2O2.ClH/c13-9-2-1-8(12(16)11(9)15)10(14)7-3-5-17-6-4-7;/h1-2,7,10,16H,3-6,14-15H2;1H/t10-;/m0./s1. The first-order chi connectivity index (χ1) is 8.11. The molecular weight excluding hydrogens is 259 g/mol. The molecule has 1 aliphatic heterocycles. The average Bonchev–Trinajstić information content (AvgIpc) is 2.36. The van der Waals surface area contributed by atoms with E-state index in [0.717, 1.165) is 12.8 Å². The number of aromatic hydroxyl groups is 1. The van der Waals surface area contributed by atoms with Crippen molar-refractivity contribution >= 4 is 18.1 Å². The van der Waals surface area contributed by atoms with Crippen LogP contribution in [0.25, 0.3) is 0 Å². The van der Waals surface area contributed by atoms with Crippen molar-refractivity contribution in [1.29, 1.82) is 0 Å². The van der Waals surface area contributed by atoms with Crippen molar-refractivity contribution < 1.29 is 14.2 Å². The molecule has 1 aromatic carbocycles. The largest absolute Gasteiger partial charge is 0.505 e. The molecule has 6 heteroatoms. The van der Waals surface area contributed by atoms with E-state index < -0.39 is 5.82 Å². The maximum Gasteiger partial charge on any atom is 0.149 e. The zero-order valence-electron chi connectivity index (χ0n) is 9.93. The molecule has 0 spiro atoms. The van der Waals surface area contributed by atoms with Crippen LogP contribution in [0.3, 0.4) is 0 Å². The molecular formula is C12H18ClFN2O2. The molecule has 1 aromatic rings. The Balaban J connectivity index is 0.00000162. The Kier molecular flexibility index (Phi) is 5.19. The van der Waals surface area contributed by atoms with E-state index in [1.807, 2.05) is 0 Å². The van der Waals surface area contributed by atoms with Crippen LogP contribution in [0.1, 0.15) is 24.4 Å². The van der Waals surface area contributed by atoms with Gasteiger partial charge in [-0.25, -0.2) is 4.39 Å². The maximum atomic E-state index is 13.1. The second-order valence-corrected chi connectivity index (χ2v) is 4.37. The highest BCUT2D eigenvalue weighted by Gasteiger charge is 2.25. The first-order valence-electron chi connectivity index (χ1n) is 5.71. The number of nitrogens with two attached hydrogens (primary N) is 2. The second-order valence-electron chi connectivity index (χ2n) is 4.37. The third-order valence-corrected chi connectivity index (χ3v) is 3.33. The van der Waals surface area contributed by atoms with E-state index in [9.17, 15) is 9.50 Å². The molecule has 1 saturated heterocycles. The Morgan fingerprint density at radius 3 is 2.56 bits per heavy atom. The summed E-state index contributed by atoms with van der Waals surface area (Å²) in [7, 11) is 0. The normalized spacial score (nSPS) is 18.1. The van der Waals surface area contributed by atoms with Gasteiger partial charge in [-0.05, 0) is 24.8 Å².